The highest BCUT2D eigenvalue weighted by Crippen LogP contribution is 2.11. The molecule has 0 saturated heterocycles. The molecule has 0 aliphatic rings. The molecule has 0 fully saturated rings. The first-order valence-corrected chi connectivity index (χ1v) is 5.33. The van der Waals surface area contributed by atoms with Crippen molar-refractivity contribution in [2.75, 3.05) is 11.9 Å². The van der Waals surface area contributed by atoms with E-state index in [-0.39, 0.29) is 18.7 Å². The molecule has 1 rings (SSSR count). The summed E-state index contributed by atoms with van der Waals surface area (Å²) in [6.07, 6.45) is 2.17. The van der Waals surface area contributed by atoms with Gasteiger partial charge in [-0.25, -0.2) is 9.78 Å². The summed E-state index contributed by atoms with van der Waals surface area (Å²) in [7, 11) is 0. The maximum absolute atomic E-state index is 11.5. The number of aliphatic hydroxyl groups excluding tert-OH is 1. The molecule has 5 nitrogen and oxygen atoms in total. The van der Waals surface area contributed by atoms with Gasteiger partial charge in [0.25, 0.3) is 0 Å². The van der Waals surface area contributed by atoms with Crippen LogP contribution in [0.1, 0.15) is 13.3 Å². The van der Waals surface area contributed by atoms with E-state index >= 15 is 0 Å². The second kappa shape index (κ2) is 6.30. The quantitative estimate of drug-likeness (QED) is 0.704. The fraction of sp³-hybridized carbons (Fsp3) is 0.400. The van der Waals surface area contributed by atoms with Gasteiger partial charge in [-0.2, -0.15) is 0 Å². The van der Waals surface area contributed by atoms with E-state index in [2.05, 4.69) is 15.6 Å². The number of carbonyl (C=O) groups excluding carboxylic acids is 1. The molecule has 1 aromatic heterocycles. The van der Waals surface area contributed by atoms with E-state index in [1.807, 2.05) is 6.92 Å². The van der Waals surface area contributed by atoms with Gasteiger partial charge < -0.3 is 15.7 Å². The van der Waals surface area contributed by atoms with Gasteiger partial charge in [-0.05, 0) is 18.6 Å². The standard InChI is InChI=1S/C10H14ClN3O2/c1-2-7(6-15)13-10(16)14-8-3-4-12-9(11)5-8/h3-5,7,15H,2,6H2,1H3,(H2,12,13,14,16)/t7-/m1/s1. The largest absolute Gasteiger partial charge is 0.394 e. The molecule has 0 bridgehead atoms. The van der Waals surface area contributed by atoms with Gasteiger partial charge in [0.05, 0.1) is 12.6 Å². The Bertz CT molecular complexity index is 356. The summed E-state index contributed by atoms with van der Waals surface area (Å²) in [4.78, 5) is 15.2. The van der Waals surface area contributed by atoms with E-state index in [0.717, 1.165) is 0 Å². The van der Waals surface area contributed by atoms with Crippen molar-refractivity contribution in [1.82, 2.24) is 10.3 Å². The Kier molecular flexibility index (Phi) is 5.01. The van der Waals surface area contributed by atoms with Crippen LogP contribution >= 0.6 is 11.6 Å². The van der Waals surface area contributed by atoms with Crippen LogP contribution in [0.3, 0.4) is 0 Å². The molecule has 1 aromatic rings. The summed E-state index contributed by atoms with van der Waals surface area (Å²) in [6.45, 7) is 1.80. The van der Waals surface area contributed by atoms with Crippen LogP contribution in [-0.4, -0.2) is 28.8 Å². The number of anilines is 1. The third-order valence-electron chi connectivity index (χ3n) is 2.03. The normalized spacial score (nSPS) is 11.9. The van der Waals surface area contributed by atoms with E-state index in [1.54, 1.807) is 12.1 Å². The third-order valence-corrected chi connectivity index (χ3v) is 2.24. The molecule has 0 saturated carbocycles. The third kappa shape index (κ3) is 4.04. The number of urea groups is 1. The lowest BCUT2D eigenvalue weighted by Crippen LogP contribution is -2.39. The second-order valence-electron chi connectivity index (χ2n) is 3.25. The van der Waals surface area contributed by atoms with Gasteiger partial charge in [-0.15, -0.1) is 0 Å². The summed E-state index contributed by atoms with van der Waals surface area (Å²) in [5, 5.41) is 14.4. The number of aromatic nitrogens is 1. The van der Waals surface area contributed by atoms with Crippen molar-refractivity contribution in [3.8, 4) is 0 Å². The maximum atomic E-state index is 11.5. The first-order chi connectivity index (χ1) is 7.65. The zero-order valence-corrected chi connectivity index (χ0v) is 9.66. The average Bonchev–Trinajstić information content (AvgIpc) is 2.26. The molecule has 1 atom stereocenters. The number of amides is 2. The minimum absolute atomic E-state index is 0.0823. The number of hydrogen-bond acceptors (Lipinski definition) is 3. The minimum atomic E-state index is -0.372. The predicted molar refractivity (Wildman–Crippen MR) is 62.6 cm³/mol. The lowest BCUT2D eigenvalue weighted by Gasteiger charge is -2.14. The number of hydrogen-bond donors (Lipinski definition) is 3. The van der Waals surface area contributed by atoms with Gasteiger partial charge in [0.2, 0.25) is 0 Å². The van der Waals surface area contributed by atoms with Crippen LogP contribution in [0.15, 0.2) is 18.3 Å². The summed E-state index contributed by atoms with van der Waals surface area (Å²) in [5.74, 6) is 0. The Morgan fingerprint density at radius 3 is 3.00 bits per heavy atom. The van der Waals surface area contributed by atoms with E-state index in [0.29, 0.717) is 17.3 Å². The number of aliphatic hydroxyl groups is 1. The van der Waals surface area contributed by atoms with E-state index in [1.165, 1.54) is 6.20 Å². The highest BCUT2D eigenvalue weighted by molar-refractivity contribution is 6.29. The van der Waals surface area contributed by atoms with E-state index in [9.17, 15) is 4.79 Å². The molecule has 1 heterocycles. The molecule has 0 aliphatic heterocycles. The van der Waals surface area contributed by atoms with Crippen molar-refractivity contribution < 1.29 is 9.90 Å². The molecule has 6 heteroatoms. The Morgan fingerprint density at radius 1 is 1.69 bits per heavy atom. The van der Waals surface area contributed by atoms with Gasteiger partial charge in [0.15, 0.2) is 0 Å². The van der Waals surface area contributed by atoms with Gasteiger partial charge in [0, 0.05) is 11.9 Å². The summed E-state index contributed by atoms with van der Waals surface area (Å²) < 4.78 is 0. The van der Waals surface area contributed by atoms with Crippen molar-refractivity contribution in [2.45, 2.75) is 19.4 Å². The SMILES string of the molecule is CC[C@H](CO)NC(=O)Nc1ccnc(Cl)c1. The van der Waals surface area contributed by atoms with Gasteiger partial charge >= 0.3 is 6.03 Å². The van der Waals surface area contributed by atoms with E-state index in [4.69, 9.17) is 16.7 Å². The highest BCUT2D eigenvalue weighted by atomic mass is 35.5. The Labute approximate surface area is 98.8 Å². The lowest BCUT2D eigenvalue weighted by molar-refractivity contribution is 0.222. The lowest BCUT2D eigenvalue weighted by atomic mass is 10.2. The molecule has 88 valence electrons. The van der Waals surface area contributed by atoms with Gasteiger partial charge in [-0.1, -0.05) is 18.5 Å². The fourth-order valence-corrected chi connectivity index (χ4v) is 1.28. The molecule has 0 spiro atoms. The number of carbonyl (C=O) groups is 1. The van der Waals surface area contributed by atoms with Gasteiger partial charge in [0.1, 0.15) is 5.15 Å². The van der Waals surface area contributed by atoms with Crippen molar-refractivity contribution in [2.24, 2.45) is 0 Å². The Hall–Kier alpha value is -1.33. The first kappa shape index (κ1) is 12.7. The fourth-order valence-electron chi connectivity index (χ4n) is 1.11. The van der Waals surface area contributed by atoms with Crippen molar-refractivity contribution in [3.63, 3.8) is 0 Å². The monoisotopic (exact) mass is 243 g/mol. The van der Waals surface area contributed by atoms with Gasteiger partial charge in [-0.3, -0.25) is 0 Å². The summed E-state index contributed by atoms with van der Waals surface area (Å²) in [5.41, 5.74) is 0.560. The van der Waals surface area contributed by atoms with Crippen LogP contribution in [0, 0.1) is 0 Å². The van der Waals surface area contributed by atoms with Crippen LogP contribution in [0.5, 0.6) is 0 Å². The van der Waals surface area contributed by atoms with Crippen LogP contribution in [0.4, 0.5) is 10.5 Å². The molecule has 0 aliphatic carbocycles. The number of pyridine rings is 1. The Morgan fingerprint density at radius 2 is 2.44 bits per heavy atom. The molecule has 16 heavy (non-hydrogen) atoms. The van der Waals surface area contributed by atoms with Crippen molar-refractivity contribution >= 4 is 23.3 Å². The smallest absolute Gasteiger partial charge is 0.319 e. The topological polar surface area (TPSA) is 74.2 Å². The van der Waals surface area contributed by atoms with Crippen LogP contribution in [-0.2, 0) is 0 Å². The molecule has 0 aromatic carbocycles. The number of nitrogens with one attached hydrogen (secondary N) is 2. The number of rotatable bonds is 4. The predicted octanol–water partition coefficient (Wildman–Crippen LogP) is 1.63. The molecule has 2 amide bonds. The molecule has 0 unspecified atom stereocenters. The van der Waals surface area contributed by atoms with Crippen LogP contribution in [0.25, 0.3) is 0 Å². The molecule has 0 radical (unpaired) electrons. The summed E-state index contributed by atoms with van der Waals surface area (Å²) in [6, 6.07) is 2.56. The summed E-state index contributed by atoms with van der Waals surface area (Å²) >= 11 is 5.67. The van der Waals surface area contributed by atoms with Crippen LogP contribution in [0.2, 0.25) is 5.15 Å². The van der Waals surface area contributed by atoms with Crippen LogP contribution < -0.4 is 10.6 Å². The number of nitrogens with zero attached hydrogens (tertiary/aromatic N) is 1. The highest BCUT2D eigenvalue weighted by Gasteiger charge is 2.08. The molecular formula is C10H14ClN3O2. The molecular weight excluding hydrogens is 230 g/mol. The Balaban J connectivity index is 2.51. The molecule has 3 N–H and O–H groups in total. The number of halogens is 1. The van der Waals surface area contributed by atoms with Crippen molar-refractivity contribution in [1.29, 1.82) is 0 Å². The van der Waals surface area contributed by atoms with E-state index < -0.39 is 0 Å². The zero-order valence-electron chi connectivity index (χ0n) is 8.90. The zero-order chi connectivity index (χ0) is 12.0. The second-order valence-corrected chi connectivity index (χ2v) is 3.64. The van der Waals surface area contributed by atoms with Crippen molar-refractivity contribution in [3.05, 3.63) is 23.5 Å². The first-order valence-electron chi connectivity index (χ1n) is 4.95. The average molecular weight is 244 g/mol. The minimum Gasteiger partial charge on any atom is -0.394 e. The maximum Gasteiger partial charge on any atom is 0.319 e.